The van der Waals surface area contributed by atoms with E-state index in [1.807, 2.05) is 98.9 Å². The van der Waals surface area contributed by atoms with E-state index in [1.54, 1.807) is 6.92 Å². The number of hydrogen-bond donors (Lipinski definition) is 3. The lowest BCUT2D eigenvalue weighted by Crippen LogP contribution is -2.51. The Kier molecular flexibility index (Phi) is 7.20. The first-order valence-corrected chi connectivity index (χ1v) is 11.8. The van der Waals surface area contributed by atoms with E-state index in [4.69, 9.17) is 4.74 Å². The summed E-state index contributed by atoms with van der Waals surface area (Å²) < 4.78 is 5.83. The van der Waals surface area contributed by atoms with Crippen LogP contribution in [0.25, 0.3) is 10.9 Å². The maximum absolute atomic E-state index is 13.5. The fraction of sp³-hybridized carbons (Fsp3) is 0.241. The molecule has 6 heteroatoms. The average molecular weight is 470 g/mol. The molecule has 1 aromatic heterocycles. The molecule has 0 bridgehead atoms. The number of para-hydroxylation sites is 1. The van der Waals surface area contributed by atoms with Crippen LogP contribution in [0, 0.1) is 6.92 Å². The normalized spacial score (nSPS) is 13.6. The molecular weight excluding hydrogens is 438 g/mol. The van der Waals surface area contributed by atoms with Crippen molar-refractivity contribution in [3.8, 4) is 0 Å². The summed E-state index contributed by atoms with van der Waals surface area (Å²) in [5.41, 5.74) is 3.51. The van der Waals surface area contributed by atoms with Gasteiger partial charge in [-0.15, -0.1) is 0 Å². The molecule has 1 heterocycles. The number of carbonyl (C=O) groups is 2. The molecule has 2 amide bonds. The van der Waals surface area contributed by atoms with Crippen molar-refractivity contribution in [3.63, 3.8) is 0 Å². The van der Waals surface area contributed by atoms with Gasteiger partial charge < -0.3 is 20.4 Å². The largest absolute Gasteiger partial charge is 0.433 e. The van der Waals surface area contributed by atoms with Gasteiger partial charge in [-0.3, -0.25) is 4.79 Å². The summed E-state index contributed by atoms with van der Waals surface area (Å²) in [5, 5.41) is 6.80. The van der Waals surface area contributed by atoms with E-state index in [0.29, 0.717) is 6.54 Å². The maximum atomic E-state index is 13.5. The molecule has 0 aliphatic rings. The van der Waals surface area contributed by atoms with E-state index in [2.05, 4.69) is 15.6 Å². The number of nitrogens with one attached hydrogen (secondary N) is 3. The van der Waals surface area contributed by atoms with Crippen LogP contribution < -0.4 is 10.6 Å². The monoisotopic (exact) mass is 469 g/mol. The lowest BCUT2D eigenvalue weighted by Gasteiger charge is -2.30. The topological polar surface area (TPSA) is 83.2 Å². The SMILES string of the molecule is Cc1ccc(CNC(=O)O[C@@](C)(Cc2c[nH]c3ccccc23)C(=O)N[C@H](C)c2ccccc2)cc1. The zero-order valence-corrected chi connectivity index (χ0v) is 20.3. The second-order valence-electron chi connectivity index (χ2n) is 9.10. The fourth-order valence-electron chi connectivity index (χ4n) is 4.10. The number of hydrogen-bond acceptors (Lipinski definition) is 3. The predicted molar refractivity (Wildman–Crippen MR) is 138 cm³/mol. The number of fused-ring (bicyclic) bond motifs is 1. The van der Waals surface area contributed by atoms with E-state index < -0.39 is 11.7 Å². The van der Waals surface area contributed by atoms with Crippen LogP contribution in [0.5, 0.6) is 0 Å². The van der Waals surface area contributed by atoms with Crippen molar-refractivity contribution in [2.75, 3.05) is 0 Å². The first-order chi connectivity index (χ1) is 16.8. The first kappa shape index (κ1) is 24.1. The van der Waals surface area contributed by atoms with E-state index in [9.17, 15) is 9.59 Å². The van der Waals surface area contributed by atoms with Crippen molar-refractivity contribution in [2.45, 2.75) is 45.4 Å². The molecule has 35 heavy (non-hydrogen) atoms. The molecule has 0 fully saturated rings. The Morgan fingerprint density at radius 2 is 1.66 bits per heavy atom. The molecule has 3 N–H and O–H groups in total. The number of ether oxygens (including phenoxy) is 1. The van der Waals surface area contributed by atoms with Crippen LogP contribution >= 0.6 is 0 Å². The number of aromatic nitrogens is 1. The first-order valence-electron chi connectivity index (χ1n) is 11.8. The van der Waals surface area contributed by atoms with Crippen LogP contribution in [-0.4, -0.2) is 22.6 Å². The minimum atomic E-state index is -1.43. The van der Waals surface area contributed by atoms with E-state index >= 15 is 0 Å². The van der Waals surface area contributed by atoms with Crippen LogP contribution in [-0.2, 0) is 22.5 Å². The smallest absolute Gasteiger partial charge is 0.408 e. The van der Waals surface area contributed by atoms with Crippen molar-refractivity contribution in [2.24, 2.45) is 0 Å². The molecule has 4 rings (SSSR count). The van der Waals surface area contributed by atoms with Gasteiger partial charge in [0.25, 0.3) is 5.91 Å². The van der Waals surface area contributed by atoms with Crippen LogP contribution in [0.15, 0.2) is 85.1 Å². The molecule has 0 aliphatic heterocycles. The number of aryl methyl sites for hydroxylation is 1. The minimum absolute atomic E-state index is 0.225. The molecule has 6 nitrogen and oxygen atoms in total. The van der Waals surface area contributed by atoms with E-state index in [0.717, 1.165) is 33.2 Å². The number of H-pyrrole nitrogens is 1. The lowest BCUT2D eigenvalue weighted by molar-refractivity contribution is -0.139. The van der Waals surface area contributed by atoms with Gasteiger partial charge in [-0.25, -0.2) is 4.79 Å². The van der Waals surface area contributed by atoms with Gasteiger partial charge in [-0.05, 0) is 43.5 Å². The summed E-state index contributed by atoms with van der Waals surface area (Å²) in [6, 6.07) is 25.2. The van der Waals surface area contributed by atoms with E-state index in [1.165, 1.54) is 0 Å². The van der Waals surface area contributed by atoms with Crippen molar-refractivity contribution in [1.29, 1.82) is 0 Å². The van der Waals surface area contributed by atoms with Crippen molar-refractivity contribution in [3.05, 3.63) is 107 Å². The maximum Gasteiger partial charge on any atom is 0.408 e. The molecule has 0 unspecified atom stereocenters. The fourth-order valence-corrected chi connectivity index (χ4v) is 4.10. The molecule has 0 spiro atoms. The number of benzene rings is 3. The molecule has 0 radical (unpaired) electrons. The van der Waals surface area contributed by atoms with Crippen LogP contribution in [0.4, 0.5) is 4.79 Å². The van der Waals surface area contributed by atoms with Gasteiger partial charge in [0.15, 0.2) is 5.60 Å². The van der Waals surface area contributed by atoms with Crippen LogP contribution in [0.3, 0.4) is 0 Å². The van der Waals surface area contributed by atoms with Gasteiger partial charge in [0.1, 0.15) is 0 Å². The zero-order valence-electron chi connectivity index (χ0n) is 20.3. The van der Waals surface area contributed by atoms with E-state index in [-0.39, 0.29) is 18.4 Å². The van der Waals surface area contributed by atoms with Gasteiger partial charge >= 0.3 is 6.09 Å². The van der Waals surface area contributed by atoms with Gasteiger partial charge in [0, 0.05) is 30.1 Å². The van der Waals surface area contributed by atoms with Gasteiger partial charge in [0.05, 0.1) is 6.04 Å². The summed E-state index contributed by atoms with van der Waals surface area (Å²) in [7, 11) is 0. The predicted octanol–water partition coefficient (Wildman–Crippen LogP) is 5.58. The number of amides is 2. The summed E-state index contributed by atoms with van der Waals surface area (Å²) in [5.74, 6) is -0.357. The summed E-state index contributed by atoms with van der Waals surface area (Å²) in [4.78, 5) is 29.6. The van der Waals surface area contributed by atoms with Gasteiger partial charge in [-0.2, -0.15) is 0 Å². The molecule has 0 saturated carbocycles. The number of rotatable bonds is 8. The highest BCUT2D eigenvalue weighted by molar-refractivity contribution is 5.90. The van der Waals surface area contributed by atoms with Gasteiger partial charge in [0.2, 0.25) is 0 Å². The number of aromatic amines is 1. The highest BCUT2D eigenvalue weighted by Gasteiger charge is 2.39. The molecule has 0 saturated heterocycles. The summed E-state index contributed by atoms with van der Waals surface area (Å²) in [6.45, 7) is 5.89. The molecule has 3 aromatic carbocycles. The Bertz CT molecular complexity index is 1300. The third-order valence-electron chi connectivity index (χ3n) is 6.21. The van der Waals surface area contributed by atoms with Gasteiger partial charge in [-0.1, -0.05) is 78.4 Å². The molecule has 0 aliphatic carbocycles. The summed E-state index contributed by atoms with van der Waals surface area (Å²) in [6.07, 6.45) is 1.45. The Morgan fingerprint density at radius 3 is 2.40 bits per heavy atom. The van der Waals surface area contributed by atoms with Crippen LogP contribution in [0.1, 0.15) is 42.1 Å². The third-order valence-corrected chi connectivity index (χ3v) is 6.21. The number of carbonyl (C=O) groups excluding carboxylic acids is 2. The molecule has 180 valence electrons. The Balaban J connectivity index is 1.53. The van der Waals surface area contributed by atoms with Crippen LogP contribution in [0.2, 0.25) is 0 Å². The minimum Gasteiger partial charge on any atom is -0.433 e. The molecule has 2 atom stereocenters. The van der Waals surface area contributed by atoms with Crippen molar-refractivity contribution < 1.29 is 14.3 Å². The van der Waals surface area contributed by atoms with Crippen molar-refractivity contribution >= 4 is 22.9 Å². The second-order valence-corrected chi connectivity index (χ2v) is 9.10. The third kappa shape index (κ3) is 5.90. The highest BCUT2D eigenvalue weighted by Crippen LogP contribution is 2.26. The highest BCUT2D eigenvalue weighted by atomic mass is 16.6. The van der Waals surface area contributed by atoms with Crippen molar-refractivity contribution in [1.82, 2.24) is 15.6 Å². The second kappa shape index (κ2) is 10.5. The Morgan fingerprint density at radius 1 is 0.971 bits per heavy atom. The zero-order chi connectivity index (χ0) is 24.8. The Hall–Kier alpha value is -4.06. The standard InChI is InChI=1S/C29H31N3O3/c1-20-13-15-22(16-14-20)18-31-28(34)35-29(3,17-24-19-30-26-12-8-7-11-25(24)26)27(33)32-21(2)23-9-5-4-6-10-23/h4-16,19,21,30H,17-18H2,1-3H3,(H,31,34)(H,32,33)/t21-,29+/m1/s1. The number of alkyl carbamates (subject to hydrolysis) is 1. The quantitative estimate of drug-likeness (QED) is 0.315. The lowest BCUT2D eigenvalue weighted by atomic mass is 9.94. The Labute approximate surface area is 205 Å². The average Bonchev–Trinajstić information content (AvgIpc) is 3.26. The molecule has 4 aromatic rings. The molecular formula is C29H31N3O3. The summed E-state index contributed by atoms with van der Waals surface area (Å²) >= 11 is 0.